The predicted molar refractivity (Wildman–Crippen MR) is 104 cm³/mol. The lowest BCUT2D eigenvalue weighted by atomic mass is 9.87. The molecular weight excluding hydrogens is 332 g/mol. The van der Waals surface area contributed by atoms with E-state index >= 15 is 0 Å². The number of nitrogens with zero attached hydrogens (tertiary/aromatic N) is 2. The number of aryl methyl sites for hydroxylation is 2. The fourth-order valence-electron chi connectivity index (χ4n) is 3.17. The molecule has 0 aliphatic heterocycles. The maximum absolute atomic E-state index is 12.3. The van der Waals surface area contributed by atoms with E-state index in [9.17, 15) is 4.79 Å². The van der Waals surface area contributed by atoms with E-state index in [1.807, 2.05) is 6.92 Å². The van der Waals surface area contributed by atoms with Crippen LogP contribution < -0.4 is 10.6 Å². The van der Waals surface area contributed by atoms with Crippen LogP contribution in [0.5, 0.6) is 0 Å². The normalized spacial score (nSPS) is 17.0. The van der Waals surface area contributed by atoms with Gasteiger partial charge in [-0.2, -0.15) is 0 Å². The number of carbonyl (C=O) groups is 1. The average Bonchev–Trinajstić information content (AvgIpc) is 3.13. The summed E-state index contributed by atoms with van der Waals surface area (Å²) in [6.07, 6.45) is 8.32. The summed E-state index contributed by atoms with van der Waals surface area (Å²) in [6.45, 7) is 9.04. The lowest BCUT2D eigenvalue weighted by Crippen LogP contribution is -2.38. The third-order valence-electron chi connectivity index (χ3n) is 5.06. The van der Waals surface area contributed by atoms with Gasteiger partial charge in [0.2, 0.25) is 5.91 Å². The van der Waals surface area contributed by atoms with E-state index < -0.39 is 0 Å². The molecule has 1 aliphatic rings. The zero-order valence-corrected chi connectivity index (χ0v) is 16.2. The average molecular weight is 359 g/mol. The number of amides is 1. The second-order valence-electron chi connectivity index (χ2n) is 7.22. The molecule has 0 bridgehead atoms. The molecule has 0 radical (unpaired) electrons. The van der Waals surface area contributed by atoms with Crippen LogP contribution in [0.2, 0.25) is 0 Å². The number of anilines is 1. The van der Waals surface area contributed by atoms with Crippen molar-refractivity contribution >= 4 is 33.3 Å². The number of carbonyl (C=O) groups excluding carboxylic acids is 1. The van der Waals surface area contributed by atoms with Gasteiger partial charge in [0.05, 0.1) is 10.8 Å². The van der Waals surface area contributed by atoms with E-state index in [0.29, 0.717) is 6.54 Å². The number of aromatic nitrogens is 2. The van der Waals surface area contributed by atoms with Crippen molar-refractivity contribution in [3.8, 4) is 0 Å². The maximum atomic E-state index is 12.3. The summed E-state index contributed by atoms with van der Waals surface area (Å²) in [7, 11) is 0. The Balaban J connectivity index is 1.56. The molecule has 0 saturated carbocycles. The van der Waals surface area contributed by atoms with E-state index in [-0.39, 0.29) is 17.4 Å². The molecule has 2 heterocycles. The van der Waals surface area contributed by atoms with Crippen molar-refractivity contribution in [2.75, 3.05) is 11.9 Å². The van der Waals surface area contributed by atoms with E-state index in [0.717, 1.165) is 35.3 Å². The highest BCUT2D eigenvalue weighted by Crippen LogP contribution is 2.33. The van der Waals surface area contributed by atoms with Crippen LogP contribution in [-0.2, 0) is 4.79 Å². The Morgan fingerprint density at radius 2 is 2.04 bits per heavy atom. The Morgan fingerprint density at radius 3 is 2.76 bits per heavy atom. The molecule has 1 amide bonds. The third-order valence-corrected chi connectivity index (χ3v) is 6.18. The second kappa shape index (κ2) is 7.12. The number of nitrogens with one attached hydrogen (secondary N) is 2. The van der Waals surface area contributed by atoms with Crippen molar-refractivity contribution in [2.24, 2.45) is 5.41 Å². The zero-order valence-electron chi connectivity index (χ0n) is 15.3. The van der Waals surface area contributed by atoms with E-state index in [1.54, 1.807) is 17.7 Å². The van der Waals surface area contributed by atoms with Crippen molar-refractivity contribution < 1.29 is 4.79 Å². The molecular formula is C19H26N4OS. The molecule has 0 aromatic carbocycles. The summed E-state index contributed by atoms with van der Waals surface area (Å²) >= 11 is 1.70. The standard InChI is InChI=1S/C19H26N4OS/c1-12(7-10-20-18(24)19(4)8-5-6-9-19)23-16-15-13(2)14(3)25-17(15)22-11-21-16/h5-6,11-12H,7-10H2,1-4H3,(H,20,24)(H,21,22,23)/t12-/m0/s1. The number of thiophene rings is 1. The molecule has 0 unspecified atom stereocenters. The van der Waals surface area contributed by atoms with Crippen LogP contribution in [-0.4, -0.2) is 28.5 Å². The first-order chi connectivity index (χ1) is 11.9. The Kier molecular flexibility index (Phi) is 5.08. The molecule has 2 aromatic rings. The van der Waals surface area contributed by atoms with Crippen molar-refractivity contribution in [3.63, 3.8) is 0 Å². The van der Waals surface area contributed by atoms with Gasteiger partial charge in [0.25, 0.3) is 0 Å². The van der Waals surface area contributed by atoms with Crippen LogP contribution >= 0.6 is 11.3 Å². The van der Waals surface area contributed by atoms with Crippen LogP contribution in [0.25, 0.3) is 10.2 Å². The molecule has 2 aromatic heterocycles. The van der Waals surface area contributed by atoms with Gasteiger partial charge in [0.15, 0.2) is 0 Å². The fourth-order valence-corrected chi connectivity index (χ4v) is 4.17. The summed E-state index contributed by atoms with van der Waals surface area (Å²) in [5, 5.41) is 7.68. The van der Waals surface area contributed by atoms with Crippen LogP contribution in [0.4, 0.5) is 5.82 Å². The van der Waals surface area contributed by atoms with Crippen LogP contribution in [0.1, 0.15) is 43.6 Å². The summed E-state index contributed by atoms with van der Waals surface area (Å²) in [4.78, 5) is 23.4. The quantitative estimate of drug-likeness (QED) is 0.767. The minimum Gasteiger partial charge on any atom is -0.367 e. The van der Waals surface area contributed by atoms with Gasteiger partial charge in [-0.15, -0.1) is 11.3 Å². The lowest BCUT2D eigenvalue weighted by molar-refractivity contribution is -0.129. The highest BCUT2D eigenvalue weighted by Gasteiger charge is 2.33. The Hall–Kier alpha value is -1.95. The van der Waals surface area contributed by atoms with Crippen molar-refractivity contribution in [1.29, 1.82) is 0 Å². The van der Waals surface area contributed by atoms with Gasteiger partial charge in [-0.05, 0) is 45.6 Å². The molecule has 1 aliphatic carbocycles. The summed E-state index contributed by atoms with van der Waals surface area (Å²) < 4.78 is 0. The van der Waals surface area contributed by atoms with Gasteiger partial charge in [-0.1, -0.05) is 19.1 Å². The minimum atomic E-state index is -0.263. The van der Waals surface area contributed by atoms with Gasteiger partial charge in [-0.25, -0.2) is 9.97 Å². The van der Waals surface area contributed by atoms with Crippen molar-refractivity contribution in [2.45, 2.75) is 53.0 Å². The molecule has 0 saturated heterocycles. The lowest BCUT2D eigenvalue weighted by Gasteiger charge is -2.23. The van der Waals surface area contributed by atoms with Gasteiger partial charge < -0.3 is 10.6 Å². The van der Waals surface area contributed by atoms with E-state index in [1.165, 1.54) is 10.4 Å². The van der Waals surface area contributed by atoms with E-state index in [4.69, 9.17) is 0 Å². The second-order valence-corrected chi connectivity index (χ2v) is 8.42. The molecule has 25 heavy (non-hydrogen) atoms. The van der Waals surface area contributed by atoms with Gasteiger partial charge in [0, 0.05) is 17.5 Å². The fraction of sp³-hybridized carbons (Fsp3) is 0.526. The zero-order chi connectivity index (χ0) is 18.0. The highest BCUT2D eigenvalue weighted by molar-refractivity contribution is 7.18. The van der Waals surface area contributed by atoms with Gasteiger partial charge in [0.1, 0.15) is 17.0 Å². The Labute approximate surface area is 153 Å². The summed E-state index contributed by atoms with van der Waals surface area (Å²) in [6, 6.07) is 0.215. The number of allylic oxidation sites excluding steroid dienone is 2. The SMILES string of the molecule is Cc1sc2ncnc(N[C@@H](C)CCNC(=O)C3(C)CC=CC3)c2c1C. The molecule has 134 valence electrons. The molecule has 5 nitrogen and oxygen atoms in total. The van der Waals surface area contributed by atoms with Crippen molar-refractivity contribution in [1.82, 2.24) is 15.3 Å². The highest BCUT2D eigenvalue weighted by atomic mass is 32.1. The molecule has 3 rings (SSSR count). The Bertz CT molecular complexity index is 803. The van der Waals surface area contributed by atoms with E-state index in [2.05, 4.69) is 53.5 Å². The molecule has 2 N–H and O–H groups in total. The third kappa shape index (κ3) is 3.68. The van der Waals surface area contributed by atoms with Crippen LogP contribution in [0, 0.1) is 19.3 Å². The largest absolute Gasteiger partial charge is 0.367 e. The number of rotatable bonds is 6. The first kappa shape index (κ1) is 17.9. The Morgan fingerprint density at radius 1 is 1.32 bits per heavy atom. The maximum Gasteiger partial charge on any atom is 0.226 e. The first-order valence-corrected chi connectivity index (χ1v) is 9.63. The number of fused-ring (bicyclic) bond motifs is 1. The van der Waals surface area contributed by atoms with Crippen LogP contribution in [0.15, 0.2) is 18.5 Å². The van der Waals surface area contributed by atoms with Gasteiger partial charge in [-0.3, -0.25) is 4.79 Å². The number of hydrogen-bond donors (Lipinski definition) is 2. The summed E-state index contributed by atoms with van der Waals surface area (Å²) in [5.74, 6) is 1.04. The summed E-state index contributed by atoms with van der Waals surface area (Å²) in [5.41, 5.74) is 0.978. The minimum absolute atomic E-state index is 0.151. The number of hydrogen-bond acceptors (Lipinski definition) is 5. The van der Waals surface area contributed by atoms with Crippen LogP contribution in [0.3, 0.4) is 0 Å². The predicted octanol–water partition coefficient (Wildman–Crippen LogP) is 3.97. The molecule has 0 fully saturated rings. The topological polar surface area (TPSA) is 66.9 Å². The molecule has 0 spiro atoms. The molecule has 6 heteroatoms. The smallest absolute Gasteiger partial charge is 0.226 e. The molecule has 1 atom stereocenters. The first-order valence-electron chi connectivity index (χ1n) is 8.81. The van der Waals surface area contributed by atoms with Gasteiger partial charge >= 0.3 is 0 Å². The van der Waals surface area contributed by atoms with Crippen molar-refractivity contribution in [3.05, 3.63) is 28.9 Å². The monoisotopic (exact) mass is 358 g/mol.